The normalized spacial score (nSPS) is 19.4. The maximum Gasteiger partial charge on any atom is 0.307 e. The van der Waals surface area contributed by atoms with E-state index in [4.69, 9.17) is 23.2 Å². The van der Waals surface area contributed by atoms with Crippen molar-refractivity contribution in [2.45, 2.75) is 84.4 Å². The molecule has 0 aromatic rings. The number of carboxylic acids is 1. The van der Waals surface area contributed by atoms with Crippen LogP contribution in [0.4, 0.5) is 0 Å². The van der Waals surface area contributed by atoms with E-state index in [0.29, 0.717) is 18.8 Å². The van der Waals surface area contributed by atoms with Crippen LogP contribution in [0.15, 0.2) is 46.1 Å². The predicted molar refractivity (Wildman–Crippen MR) is 122 cm³/mol. The lowest BCUT2D eigenvalue weighted by molar-refractivity contribution is -0.141. The van der Waals surface area contributed by atoms with Crippen molar-refractivity contribution in [2.24, 2.45) is 11.8 Å². The second-order valence-electron chi connectivity index (χ2n) is 8.06. The van der Waals surface area contributed by atoms with Crippen LogP contribution in [0.5, 0.6) is 0 Å². The smallest absolute Gasteiger partial charge is 0.307 e. The van der Waals surface area contributed by atoms with Crippen molar-refractivity contribution in [3.05, 3.63) is 46.1 Å². The first-order valence-electron chi connectivity index (χ1n) is 10.5. The summed E-state index contributed by atoms with van der Waals surface area (Å²) < 4.78 is 0. The number of allylic oxidation sites excluding steroid dienone is 8. The van der Waals surface area contributed by atoms with E-state index in [-0.39, 0.29) is 5.38 Å². The Bertz CT molecular complexity index is 629. The lowest BCUT2D eigenvalue weighted by Gasteiger charge is -2.13. The summed E-state index contributed by atoms with van der Waals surface area (Å²) in [7, 11) is 0. The maximum absolute atomic E-state index is 11.6. The van der Waals surface area contributed by atoms with Crippen LogP contribution < -0.4 is 0 Å². The molecule has 3 atom stereocenters. The first kappa shape index (κ1) is 25.0. The van der Waals surface area contributed by atoms with Crippen molar-refractivity contribution < 1.29 is 9.90 Å². The molecular formula is C24H36Cl2O2. The summed E-state index contributed by atoms with van der Waals surface area (Å²) in [4.78, 5) is 11.6. The molecule has 0 saturated heterocycles. The number of halogens is 2. The molecule has 0 heterocycles. The highest BCUT2D eigenvalue weighted by molar-refractivity contribution is 6.29. The van der Waals surface area contributed by atoms with Gasteiger partial charge in [-0.25, -0.2) is 0 Å². The van der Waals surface area contributed by atoms with Gasteiger partial charge in [0.2, 0.25) is 0 Å². The highest BCUT2D eigenvalue weighted by Crippen LogP contribution is 2.28. The van der Waals surface area contributed by atoms with Gasteiger partial charge in [-0.1, -0.05) is 72.9 Å². The molecule has 0 aliphatic heterocycles. The molecule has 1 N–H and O–H groups in total. The molecular weight excluding hydrogens is 391 g/mol. The number of carboxylic acid groups (broad SMARTS) is 1. The maximum atomic E-state index is 11.6. The minimum atomic E-state index is -0.741. The van der Waals surface area contributed by atoms with E-state index in [1.807, 2.05) is 19.1 Å². The monoisotopic (exact) mass is 426 g/mol. The van der Waals surface area contributed by atoms with Gasteiger partial charge >= 0.3 is 5.97 Å². The van der Waals surface area contributed by atoms with E-state index < -0.39 is 11.9 Å². The van der Waals surface area contributed by atoms with Crippen LogP contribution in [0.2, 0.25) is 0 Å². The molecule has 0 amide bonds. The minimum absolute atomic E-state index is 0.0323. The van der Waals surface area contributed by atoms with Crippen molar-refractivity contribution in [1.29, 1.82) is 0 Å². The van der Waals surface area contributed by atoms with Gasteiger partial charge in [-0.3, -0.25) is 4.79 Å². The Morgan fingerprint density at radius 3 is 2.71 bits per heavy atom. The van der Waals surface area contributed by atoms with Gasteiger partial charge < -0.3 is 5.11 Å². The van der Waals surface area contributed by atoms with Gasteiger partial charge in [0.05, 0.1) is 11.3 Å². The molecule has 1 aliphatic rings. The van der Waals surface area contributed by atoms with Gasteiger partial charge in [-0.05, 0) is 64.7 Å². The van der Waals surface area contributed by atoms with Crippen molar-refractivity contribution in [3.63, 3.8) is 0 Å². The first-order valence-corrected chi connectivity index (χ1v) is 11.3. The quantitative estimate of drug-likeness (QED) is 0.268. The molecule has 0 spiro atoms. The van der Waals surface area contributed by atoms with Gasteiger partial charge in [0.1, 0.15) is 0 Å². The van der Waals surface area contributed by atoms with E-state index in [1.54, 1.807) is 0 Å². The average molecular weight is 427 g/mol. The summed E-state index contributed by atoms with van der Waals surface area (Å²) in [5, 5.41) is 10.5. The number of rotatable bonds is 11. The minimum Gasteiger partial charge on any atom is -0.481 e. The molecule has 2 nitrogen and oxygen atoms in total. The fraction of sp³-hybridized carbons (Fsp3) is 0.625. The molecule has 0 aromatic carbocycles. The van der Waals surface area contributed by atoms with E-state index >= 15 is 0 Å². The Morgan fingerprint density at radius 1 is 1.36 bits per heavy atom. The van der Waals surface area contributed by atoms with Gasteiger partial charge in [0, 0.05) is 5.03 Å². The van der Waals surface area contributed by atoms with E-state index in [0.717, 1.165) is 49.1 Å². The zero-order chi connectivity index (χ0) is 21.1. The Labute approximate surface area is 181 Å². The van der Waals surface area contributed by atoms with E-state index in [2.05, 4.69) is 32.9 Å². The van der Waals surface area contributed by atoms with E-state index in [9.17, 15) is 9.90 Å². The van der Waals surface area contributed by atoms with Gasteiger partial charge in [0.25, 0.3) is 0 Å². The molecule has 1 aliphatic carbocycles. The van der Waals surface area contributed by atoms with Crippen LogP contribution in [-0.4, -0.2) is 16.5 Å². The Kier molecular flexibility index (Phi) is 11.9. The van der Waals surface area contributed by atoms with Gasteiger partial charge in [-0.2, -0.15) is 0 Å². The van der Waals surface area contributed by atoms with Gasteiger partial charge in [0.15, 0.2) is 0 Å². The molecule has 158 valence electrons. The third kappa shape index (κ3) is 9.47. The van der Waals surface area contributed by atoms with Crippen LogP contribution in [0, 0.1) is 11.8 Å². The number of alkyl halides is 1. The Balaban J connectivity index is 2.53. The van der Waals surface area contributed by atoms with Crippen LogP contribution in [0.25, 0.3) is 0 Å². The molecule has 4 heteroatoms. The van der Waals surface area contributed by atoms with E-state index in [1.165, 1.54) is 11.1 Å². The molecule has 0 saturated carbocycles. The van der Waals surface area contributed by atoms with Crippen molar-refractivity contribution in [3.8, 4) is 0 Å². The third-order valence-electron chi connectivity index (χ3n) is 5.68. The molecule has 3 unspecified atom stereocenters. The largest absolute Gasteiger partial charge is 0.481 e. The van der Waals surface area contributed by atoms with Gasteiger partial charge in [-0.15, -0.1) is 11.6 Å². The lowest BCUT2D eigenvalue weighted by Crippen LogP contribution is -2.14. The number of carbonyl (C=O) groups is 1. The standard InChI is InChI=1S/C24H36Cl2O2/c1-5-18(3)23(26)11-7-10-21(24(27)28)16-17(2)8-6-9-20-13-15-22(25)14-12-19(20)4/h7-8,11,14,18,21,23H,5-6,9-10,12-13,15-16H2,1-4H3,(H,27,28). The SMILES string of the molecule is CCC(C)C(Cl)C=CCC(CC(C)=CCCC1=C(C)CC=C(Cl)CC1)C(=O)O. The zero-order valence-corrected chi connectivity index (χ0v) is 19.3. The highest BCUT2D eigenvalue weighted by atomic mass is 35.5. The molecule has 28 heavy (non-hydrogen) atoms. The van der Waals surface area contributed by atoms with Crippen LogP contribution >= 0.6 is 23.2 Å². The van der Waals surface area contributed by atoms with Crippen molar-refractivity contribution >= 4 is 29.2 Å². The number of hydrogen-bond donors (Lipinski definition) is 1. The lowest BCUT2D eigenvalue weighted by atomic mass is 9.94. The highest BCUT2D eigenvalue weighted by Gasteiger charge is 2.17. The van der Waals surface area contributed by atoms with Crippen molar-refractivity contribution in [2.75, 3.05) is 0 Å². The Hall–Kier alpha value is -0.990. The summed E-state index contributed by atoms with van der Waals surface area (Å²) >= 11 is 12.5. The molecule has 0 radical (unpaired) electrons. The molecule has 1 rings (SSSR count). The average Bonchev–Trinajstić information content (AvgIpc) is 2.81. The molecule has 0 fully saturated rings. The topological polar surface area (TPSA) is 37.3 Å². The van der Waals surface area contributed by atoms with Crippen LogP contribution in [0.3, 0.4) is 0 Å². The predicted octanol–water partition coefficient (Wildman–Crippen LogP) is 8.03. The molecule has 0 bridgehead atoms. The van der Waals surface area contributed by atoms with Crippen LogP contribution in [0.1, 0.15) is 79.1 Å². The summed E-state index contributed by atoms with van der Waals surface area (Å²) in [6.07, 6.45) is 15.2. The second kappa shape index (κ2) is 13.3. The second-order valence-corrected chi connectivity index (χ2v) is 9.05. The summed E-state index contributed by atoms with van der Waals surface area (Å²) in [6.45, 7) is 8.45. The van der Waals surface area contributed by atoms with Crippen LogP contribution in [-0.2, 0) is 4.79 Å². The third-order valence-corrected chi connectivity index (χ3v) is 6.60. The summed E-state index contributed by atoms with van der Waals surface area (Å²) in [6, 6.07) is 0. The molecule has 0 aromatic heterocycles. The fourth-order valence-electron chi connectivity index (χ4n) is 3.36. The van der Waals surface area contributed by atoms with Crippen molar-refractivity contribution in [1.82, 2.24) is 0 Å². The number of hydrogen-bond acceptors (Lipinski definition) is 1. The fourth-order valence-corrected chi connectivity index (χ4v) is 3.81. The number of aliphatic carboxylic acids is 1. The zero-order valence-electron chi connectivity index (χ0n) is 17.8. The summed E-state index contributed by atoms with van der Waals surface area (Å²) in [5.41, 5.74) is 4.06. The Morgan fingerprint density at radius 2 is 2.07 bits per heavy atom. The first-order chi connectivity index (χ1) is 13.2. The summed E-state index contributed by atoms with van der Waals surface area (Å²) in [5.74, 6) is -0.736.